The zero-order chi connectivity index (χ0) is 17.5. The second kappa shape index (κ2) is 8.78. The molecule has 3 nitrogen and oxygen atoms in total. The SMILES string of the molecule is Cc1ccc(NC(=O)CSCCOc2c(C)cccc2C)c(C)c1. The van der Waals surface area contributed by atoms with Gasteiger partial charge in [-0.3, -0.25) is 4.79 Å². The van der Waals surface area contributed by atoms with E-state index in [-0.39, 0.29) is 5.91 Å². The molecule has 1 amide bonds. The van der Waals surface area contributed by atoms with Crippen LogP contribution in [0.3, 0.4) is 0 Å². The van der Waals surface area contributed by atoms with E-state index in [1.54, 1.807) is 11.8 Å². The number of aryl methyl sites for hydroxylation is 4. The van der Waals surface area contributed by atoms with Gasteiger partial charge in [-0.1, -0.05) is 35.9 Å². The van der Waals surface area contributed by atoms with Crippen molar-refractivity contribution in [1.29, 1.82) is 0 Å². The third-order valence-corrected chi connectivity index (χ3v) is 4.69. The van der Waals surface area contributed by atoms with Gasteiger partial charge in [-0.25, -0.2) is 0 Å². The van der Waals surface area contributed by atoms with Crippen LogP contribution in [0.5, 0.6) is 5.75 Å². The van der Waals surface area contributed by atoms with Crippen molar-refractivity contribution in [1.82, 2.24) is 0 Å². The van der Waals surface area contributed by atoms with Crippen LogP contribution in [-0.4, -0.2) is 24.0 Å². The number of thioether (sulfide) groups is 1. The Morgan fingerprint density at radius 2 is 1.75 bits per heavy atom. The van der Waals surface area contributed by atoms with Crippen molar-refractivity contribution in [2.24, 2.45) is 0 Å². The summed E-state index contributed by atoms with van der Waals surface area (Å²) in [6, 6.07) is 12.2. The van der Waals surface area contributed by atoms with E-state index in [0.717, 1.165) is 33.9 Å². The van der Waals surface area contributed by atoms with Crippen molar-refractivity contribution in [2.75, 3.05) is 23.4 Å². The number of anilines is 1. The molecule has 2 aromatic carbocycles. The van der Waals surface area contributed by atoms with Gasteiger partial charge in [0.25, 0.3) is 0 Å². The van der Waals surface area contributed by atoms with Crippen LogP contribution in [0.25, 0.3) is 0 Å². The zero-order valence-electron chi connectivity index (χ0n) is 14.8. The second-order valence-corrected chi connectivity index (χ2v) is 7.09. The molecule has 0 bridgehead atoms. The van der Waals surface area contributed by atoms with Gasteiger partial charge >= 0.3 is 0 Å². The predicted molar refractivity (Wildman–Crippen MR) is 103 cm³/mol. The average molecular weight is 343 g/mol. The van der Waals surface area contributed by atoms with Gasteiger partial charge in [0, 0.05) is 11.4 Å². The Bertz CT molecular complexity index is 693. The van der Waals surface area contributed by atoms with Crippen LogP contribution in [-0.2, 0) is 4.79 Å². The number of benzene rings is 2. The monoisotopic (exact) mass is 343 g/mol. The van der Waals surface area contributed by atoms with Crippen LogP contribution in [0.4, 0.5) is 5.69 Å². The van der Waals surface area contributed by atoms with Gasteiger partial charge < -0.3 is 10.1 Å². The van der Waals surface area contributed by atoms with Crippen molar-refractivity contribution < 1.29 is 9.53 Å². The van der Waals surface area contributed by atoms with E-state index in [2.05, 4.69) is 11.4 Å². The van der Waals surface area contributed by atoms with Crippen molar-refractivity contribution in [3.8, 4) is 5.75 Å². The Labute approximate surface area is 148 Å². The number of hydrogen-bond acceptors (Lipinski definition) is 3. The number of para-hydroxylation sites is 1. The average Bonchev–Trinajstić information content (AvgIpc) is 2.52. The van der Waals surface area contributed by atoms with Crippen molar-refractivity contribution in [3.05, 3.63) is 58.7 Å². The molecule has 0 saturated heterocycles. The lowest BCUT2D eigenvalue weighted by atomic mass is 10.1. The Morgan fingerprint density at radius 1 is 1.04 bits per heavy atom. The van der Waals surface area contributed by atoms with Crippen molar-refractivity contribution >= 4 is 23.4 Å². The molecule has 4 heteroatoms. The molecule has 0 aromatic heterocycles. The van der Waals surface area contributed by atoms with Gasteiger partial charge in [-0.2, -0.15) is 0 Å². The van der Waals surface area contributed by atoms with Crippen LogP contribution in [0.15, 0.2) is 36.4 Å². The lowest BCUT2D eigenvalue weighted by molar-refractivity contribution is -0.113. The standard InChI is InChI=1S/C20H25NO2S/c1-14-8-9-18(17(4)12-14)21-19(22)13-24-11-10-23-20-15(2)6-5-7-16(20)3/h5-9,12H,10-11,13H2,1-4H3,(H,21,22). The van der Waals surface area contributed by atoms with Crippen molar-refractivity contribution in [2.45, 2.75) is 27.7 Å². The fourth-order valence-corrected chi connectivity index (χ4v) is 3.14. The minimum Gasteiger partial charge on any atom is -0.492 e. The van der Waals surface area contributed by atoms with Gasteiger partial charge in [-0.15, -0.1) is 11.8 Å². The molecule has 0 radical (unpaired) electrons. The van der Waals surface area contributed by atoms with E-state index in [9.17, 15) is 4.79 Å². The summed E-state index contributed by atoms with van der Waals surface area (Å²) in [5.41, 5.74) is 5.47. The fourth-order valence-electron chi connectivity index (χ4n) is 2.53. The van der Waals surface area contributed by atoms with Crippen LogP contribution < -0.4 is 10.1 Å². The highest BCUT2D eigenvalue weighted by Gasteiger charge is 2.06. The van der Waals surface area contributed by atoms with E-state index in [1.165, 1.54) is 5.56 Å². The van der Waals surface area contributed by atoms with E-state index in [0.29, 0.717) is 12.4 Å². The smallest absolute Gasteiger partial charge is 0.234 e. The Balaban J connectivity index is 1.71. The van der Waals surface area contributed by atoms with Crippen LogP contribution in [0.1, 0.15) is 22.3 Å². The van der Waals surface area contributed by atoms with Gasteiger partial charge in [-0.05, 0) is 50.5 Å². The normalized spacial score (nSPS) is 10.5. The van der Waals surface area contributed by atoms with Crippen molar-refractivity contribution in [3.63, 3.8) is 0 Å². The number of ether oxygens (including phenoxy) is 1. The van der Waals surface area contributed by atoms with E-state index in [1.807, 2.05) is 58.0 Å². The zero-order valence-corrected chi connectivity index (χ0v) is 15.6. The third kappa shape index (κ3) is 5.31. The van der Waals surface area contributed by atoms with Gasteiger partial charge in [0.15, 0.2) is 0 Å². The molecule has 0 saturated carbocycles. The largest absolute Gasteiger partial charge is 0.492 e. The summed E-state index contributed by atoms with van der Waals surface area (Å²) in [5.74, 6) is 2.20. The molecule has 0 aliphatic heterocycles. The number of carbonyl (C=O) groups is 1. The molecule has 0 heterocycles. The highest BCUT2D eigenvalue weighted by molar-refractivity contribution is 7.99. The molecule has 0 atom stereocenters. The first-order valence-electron chi connectivity index (χ1n) is 8.11. The number of rotatable bonds is 7. The first kappa shape index (κ1) is 18.4. The molecule has 0 aliphatic carbocycles. The molecule has 0 spiro atoms. The van der Waals surface area contributed by atoms with Gasteiger partial charge in [0.1, 0.15) is 5.75 Å². The fraction of sp³-hybridized carbons (Fsp3) is 0.350. The van der Waals surface area contributed by atoms with Crippen LogP contribution in [0, 0.1) is 27.7 Å². The molecule has 128 valence electrons. The number of amides is 1. The van der Waals surface area contributed by atoms with Gasteiger partial charge in [0.05, 0.1) is 12.4 Å². The van der Waals surface area contributed by atoms with Gasteiger partial charge in [0.2, 0.25) is 5.91 Å². The minimum absolute atomic E-state index is 0.0269. The topological polar surface area (TPSA) is 38.3 Å². The molecule has 0 fully saturated rings. The highest BCUT2D eigenvalue weighted by Crippen LogP contribution is 2.22. The maximum Gasteiger partial charge on any atom is 0.234 e. The summed E-state index contributed by atoms with van der Waals surface area (Å²) in [6.45, 7) is 8.76. The number of carbonyl (C=O) groups excluding carboxylic acids is 1. The third-order valence-electron chi connectivity index (χ3n) is 3.77. The van der Waals surface area contributed by atoms with E-state index < -0.39 is 0 Å². The summed E-state index contributed by atoms with van der Waals surface area (Å²) in [7, 11) is 0. The van der Waals surface area contributed by atoms with E-state index >= 15 is 0 Å². The summed E-state index contributed by atoms with van der Waals surface area (Å²) in [5, 5.41) is 2.96. The molecule has 0 unspecified atom stereocenters. The molecular weight excluding hydrogens is 318 g/mol. The quantitative estimate of drug-likeness (QED) is 0.742. The molecule has 0 aliphatic rings. The molecule has 2 rings (SSSR count). The Morgan fingerprint density at radius 3 is 2.42 bits per heavy atom. The summed E-state index contributed by atoms with van der Waals surface area (Å²) < 4.78 is 5.85. The Hall–Kier alpha value is -1.94. The molecule has 1 N–H and O–H groups in total. The second-order valence-electron chi connectivity index (χ2n) is 5.99. The van der Waals surface area contributed by atoms with Crippen LogP contribution >= 0.6 is 11.8 Å². The number of nitrogens with one attached hydrogen (secondary N) is 1. The maximum absolute atomic E-state index is 12.0. The lowest BCUT2D eigenvalue weighted by Crippen LogP contribution is -2.16. The lowest BCUT2D eigenvalue weighted by Gasteiger charge is -2.12. The summed E-state index contributed by atoms with van der Waals surface area (Å²) in [4.78, 5) is 12.0. The highest BCUT2D eigenvalue weighted by atomic mass is 32.2. The van der Waals surface area contributed by atoms with Crippen LogP contribution in [0.2, 0.25) is 0 Å². The first-order chi connectivity index (χ1) is 11.5. The summed E-state index contributed by atoms with van der Waals surface area (Å²) in [6.07, 6.45) is 0. The first-order valence-corrected chi connectivity index (χ1v) is 9.26. The minimum atomic E-state index is 0.0269. The Kier molecular flexibility index (Phi) is 6.73. The molecular formula is C20H25NO2S. The summed E-state index contributed by atoms with van der Waals surface area (Å²) >= 11 is 1.58. The number of hydrogen-bond donors (Lipinski definition) is 1. The van der Waals surface area contributed by atoms with E-state index in [4.69, 9.17) is 4.74 Å². The maximum atomic E-state index is 12.0. The predicted octanol–water partition coefficient (Wildman–Crippen LogP) is 4.67. The molecule has 2 aromatic rings. The molecule has 24 heavy (non-hydrogen) atoms.